The number of anilines is 1. The standard InChI is InChI=1S/C24H29N7O3/c1-13-16(4-5-17-19(13)12-34-24(17)32)20-10-31(11-22(27)30-20)9-15(26)8-28-23-6-21(33-3)18(7-25)14(2)29-23/h4-6,8,20,22,30H,9-12,26-27H2,1-3H3,(H,28,29)/b15-8-/t20-,22+/m0/s1. The Kier molecular flexibility index (Phi) is 6.70. The molecule has 10 heteroatoms. The first-order valence-corrected chi connectivity index (χ1v) is 11.0. The molecule has 0 bridgehead atoms. The van der Waals surface area contributed by atoms with Gasteiger partial charge in [-0.25, -0.2) is 9.78 Å². The van der Waals surface area contributed by atoms with E-state index in [4.69, 9.17) is 20.9 Å². The van der Waals surface area contributed by atoms with Crippen LogP contribution < -0.4 is 26.8 Å². The van der Waals surface area contributed by atoms with E-state index in [2.05, 4.69) is 26.6 Å². The van der Waals surface area contributed by atoms with E-state index in [1.54, 1.807) is 19.2 Å². The second-order valence-electron chi connectivity index (χ2n) is 8.55. The number of ether oxygens (including phenoxy) is 2. The zero-order chi connectivity index (χ0) is 24.4. The largest absolute Gasteiger partial charge is 0.495 e. The van der Waals surface area contributed by atoms with Gasteiger partial charge in [-0.15, -0.1) is 0 Å². The molecule has 4 rings (SSSR count). The normalized spacial score (nSPS) is 20.4. The van der Waals surface area contributed by atoms with Gasteiger partial charge in [0.15, 0.2) is 0 Å². The van der Waals surface area contributed by atoms with Crippen molar-refractivity contribution >= 4 is 11.8 Å². The van der Waals surface area contributed by atoms with Crippen molar-refractivity contribution in [3.8, 4) is 11.8 Å². The van der Waals surface area contributed by atoms with Crippen molar-refractivity contribution in [2.75, 3.05) is 32.1 Å². The number of carbonyl (C=O) groups excluding carboxylic acids is 1. The number of esters is 1. The van der Waals surface area contributed by atoms with Crippen LogP contribution in [0.25, 0.3) is 0 Å². The molecule has 0 amide bonds. The van der Waals surface area contributed by atoms with Crippen molar-refractivity contribution in [2.24, 2.45) is 11.5 Å². The number of aromatic nitrogens is 1. The number of carbonyl (C=O) groups is 1. The van der Waals surface area contributed by atoms with E-state index in [-0.39, 0.29) is 18.2 Å². The van der Waals surface area contributed by atoms with Gasteiger partial charge in [0.25, 0.3) is 0 Å². The van der Waals surface area contributed by atoms with Crippen molar-refractivity contribution in [2.45, 2.75) is 32.7 Å². The lowest BCUT2D eigenvalue weighted by atomic mass is 9.93. The van der Waals surface area contributed by atoms with Crippen LogP contribution in [0.4, 0.5) is 5.82 Å². The molecule has 1 saturated heterocycles. The average Bonchev–Trinajstić information content (AvgIpc) is 3.18. The van der Waals surface area contributed by atoms with Crippen molar-refractivity contribution in [3.05, 3.63) is 63.6 Å². The summed E-state index contributed by atoms with van der Waals surface area (Å²) >= 11 is 0. The number of nitriles is 1. The number of piperazine rings is 1. The van der Waals surface area contributed by atoms with Crippen LogP contribution in [0, 0.1) is 25.2 Å². The molecule has 1 fully saturated rings. The Balaban J connectivity index is 1.45. The van der Waals surface area contributed by atoms with Crippen LogP contribution in [-0.4, -0.2) is 48.8 Å². The van der Waals surface area contributed by atoms with Gasteiger partial charge in [-0.3, -0.25) is 10.2 Å². The summed E-state index contributed by atoms with van der Waals surface area (Å²) in [6.07, 6.45) is 1.47. The molecule has 0 aliphatic carbocycles. The number of fused-ring (bicyclic) bond motifs is 1. The van der Waals surface area contributed by atoms with Crippen molar-refractivity contribution in [1.82, 2.24) is 15.2 Å². The van der Waals surface area contributed by atoms with Crippen molar-refractivity contribution < 1.29 is 14.3 Å². The Bertz CT molecular complexity index is 1190. The van der Waals surface area contributed by atoms with Gasteiger partial charge in [-0.1, -0.05) is 6.07 Å². The van der Waals surface area contributed by atoms with E-state index in [1.807, 2.05) is 19.1 Å². The SMILES string of the molecule is COc1cc(N/C=C(\N)CN2C[C@@H](c3ccc4c(c3C)COC4=O)N[C@@H](N)C2)nc(C)c1C#N. The maximum Gasteiger partial charge on any atom is 0.338 e. The fourth-order valence-electron chi connectivity index (χ4n) is 4.52. The van der Waals surface area contributed by atoms with E-state index < -0.39 is 0 Å². The van der Waals surface area contributed by atoms with Crippen LogP contribution in [0.15, 0.2) is 30.1 Å². The van der Waals surface area contributed by atoms with Crippen molar-refractivity contribution in [3.63, 3.8) is 0 Å². The fourth-order valence-corrected chi connectivity index (χ4v) is 4.52. The Morgan fingerprint density at radius 2 is 2.24 bits per heavy atom. The molecule has 2 aromatic rings. The summed E-state index contributed by atoms with van der Waals surface area (Å²) in [7, 11) is 1.52. The van der Waals surface area contributed by atoms with Crippen LogP contribution in [0.5, 0.6) is 5.75 Å². The molecule has 0 saturated carbocycles. The van der Waals surface area contributed by atoms with Crippen LogP contribution in [0.1, 0.15) is 44.3 Å². The van der Waals surface area contributed by atoms with E-state index >= 15 is 0 Å². The second-order valence-corrected chi connectivity index (χ2v) is 8.55. The smallest absolute Gasteiger partial charge is 0.338 e. The highest BCUT2D eigenvalue weighted by atomic mass is 16.5. The lowest BCUT2D eigenvalue weighted by Crippen LogP contribution is -2.56. The first-order chi connectivity index (χ1) is 16.3. The molecule has 3 heterocycles. The fraction of sp³-hybridized carbons (Fsp3) is 0.375. The van der Waals surface area contributed by atoms with Crippen LogP contribution in [0.3, 0.4) is 0 Å². The minimum atomic E-state index is -0.269. The number of cyclic esters (lactones) is 1. The minimum absolute atomic E-state index is 0.00221. The molecule has 0 unspecified atom stereocenters. The Morgan fingerprint density at radius 3 is 2.97 bits per heavy atom. The summed E-state index contributed by atoms with van der Waals surface area (Å²) in [5.41, 5.74) is 17.9. The summed E-state index contributed by atoms with van der Waals surface area (Å²) in [5.74, 6) is 0.725. The van der Waals surface area contributed by atoms with E-state index in [9.17, 15) is 10.1 Å². The number of nitrogens with one attached hydrogen (secondary N) is 2. The first-order valence-electron chi connectivity index (χ1n) is 11.0. The summed E-state index contributed by atoms with van der Waals surface area (Å²) in [6.45, 7) is 5.94. The molecule has 2 aliphatic heterocycles. The Hall–Kier alpha value is -3.65. The number of methoxy groups -OCH3 is 1. The van der Waals surface area contributed by atoms with Gasteiger partial charge in [-0.2, -0.15) is 5.26 Å². The summed E-state index contributed by atoms with van der Waals surface area (Å²) in [5, 5.41) is 15.8. The molecule has 1 aromatic heterocycles. The number of rotatable bonds is 6. The second kappa shape index (κ2) is 9.69. The highest BCUT2D eigenvalue weighted by Gasteiger charge is 2.30. The number of hydrogen-bond donors (Lipinski definition) is 4. The Morgan fingerprint density at radius 1 is 1.44 bits per heavy atom. The molecule has 6 N–H and O–H groups in total. The highest BCUT2D eigenvalue weighted by molar-refractivity contribution is 5.94. The van der Waals surface area contributed by atoms with Crippen LogP contribution in [0.2, 0.25) is 0 Å². The number of benzene rings is 1. The predicted octanol–water partition coefficient (Wildman–Crippen LogP) is 1.39. The number of aryl methyl sites for hydroxylation is 1. The third-order valence-corrected chi connectivity index (χ3v) is 6.20. The molecule has 0 radical (unpaired) electrons. The van der Waals surface area contributed by atoms with Crippen molar-refractivity contribution in [1.29, 1.82) is 5.26 Å². The molecule has 0 spiro atoms. The molecule has 10 nitrogen and oxygen atoms in total. The van der Waals surface area contributed by atoms with E-state index in [0.29, 0.717) is 60.3 Å². The number of hydrogen-bond acceptors (Lipinski definition) is 10. The lowest BCUT2D eigenvalue weighted by Gasteiger charge is -2.38. The lowest BCUT2D eigenvalue weighted by molar-refractivity contribution is 0.0535. The maximum absolute atomic E-state index is 11.9. The first kappa shape index (κ1) is 23.5. The van der Waals surface area contributed by atoms with Crippen LogP contribution >= 0.6 is 0 Å². The maximum atomic E-state index is 11.9. The molecule has 2 atom stereocenters. The van der Waals surface area contributed by atoms with Gasteiger partial charge in [-0.05, 0) is 31.0 Å². The zero-order valence-corrected chi connectivity index (χ0v) is 19.5. The van der Waals surface area contributed by atoms with E-state index in [1.165, 1.54) is 7.11 Å². The third kappa shape index (κ3) is 4.68. The minimum Gasteiger partial charge on any atom is -0.495 e. The number of nitrogens with zero attached hydrogens (tertiary/aromatic N) is 3. The highest BCUT2D eigenvalue weighted by Crippen LogP contribution is 2.30. The van der Waals surface area contributed by atoms with Gasteiger partial charge in [0.05, 0.1) is 24.5 Å². The van der Waals surface area contributed by atoms with Gasteiger partial charge in [0.1, 0.15) is 29.8 Å². The molecule has 178 valence electrons. The monoisotopic (exact) mass is 463 g/mol. The number of pyridine rings is 1. The topological polar surface area (TPSA) is 152 Å². The van der Waals surface area contributed by atoms with E-state index in [0.717, 1.165) is 16.7 Å². The van der Waals surface area contributed by atoms with Gasteiger partial charge in [0.2, 0.25) is 0 Å². The molecular formula is C24H29N7O3. The van der Waals surface area contributed by atoms with Gasteiger partial charge in [0, 0.05) is 49.2 Å². The number of nitrogens with two attached hydrogens (primary N) is 2. The third-order valence-electron chi connectivity index (χ3n) is 6.20. The summed E-state index contributed by atoms with van der Waals surface area (Å²) in [4.78, 5) is 18.4. The van der Waals surface area contributed by atoms with Gasteiger partial charge < -0.3 is 26.3 Å². The quantitative estimate of drug-likeness (QED) is 0.463. The summed E-state index contributed by atoms with van der Waals surface area (Å²) < 4.78 is 10.5. The molecule has 34 heavy (non-hydrogen) atoms. The molecule has 1 aromatic carbocycles. The Labute approximate surface area is 198 Å². The van der Waals surface area contributed by atoms with Gasteiger partial charge >= 0.3 is 5.97 Å². The molecular weight excluding hydrogens is 434 g/mol. The zero-order valence-electron chi connectivity index (χ0n) is 19.5. The average molecular weight is 464 g/mol. The molecule has 2 aliphatic rings. The van der Waals surface area contributed by atoms with Crippen LogP contribution in [-0.2, 0) is 11.3 Å². The predicted molar refractivity (Wildman–Crippen MR) is 127 cm³/mol. The summed E-state index contributed by atoms with van der Waals surface area (Å²) in [6, 6.07) is 7.57.